The number of anilines is 1. The molecule has 134 valence electrons. The van der Waals surface area contributed by atoms with Crippen molar-refractivity contribution >= 4 is 5.69 Å². The number of hydrogen-bond acceptors (Lipinski definition) is 3. The summed E-state index contributed by atoms with van der Waals surface area (Å²) in [5.74, 6) is 0.432. The number of nitrogen functional groups attached to an aromatic ring is 1. The van der Waals surface area contributed by atoms with Gasteiger partial charge in [-0.1, -0.05) is 42.5 Å². The molecular weight excluding hydrogens is 322 g/mol. The zero-order chi connectivity index (χ0) is 19.0. The lowest BCUT2D eigenvalue weighted by molar-refractivity contribution is 0.464. The number of phenols is 2. The van der Waals surface area contributed by atoms with Crippen molar-refractivity contribution in [2.24, 2.45) is 0 Å². The maximum Gasteiger partial charge on any atom is 0.121 e. The highest BCUT2D eigenvalue weighted by Crippen LogP contribution is 2.42. The fraction of sp³-hybridized carbons (Fsp3) is 0.217. The molecule has 0 saturated carbocycles. The summed E-state index contributed by atoms with van der Waals surface area (Å²) in [6, 6.07) is 15.7. The molecule has 0 radical (unpaired) electrons. The molecule has 0 heterocycles. The van der Waals surface area contributed by atoms with E-state index in [1.165, 1.54) is 0 Å². The molecule has 0 spiro atoms. The number of aryl methyl sites for hydroxylation is 2. The first kappa shape index (κ1) is 17.9. The minimum atomic E-state index is -0.172. The van der Waals surface area contributed by atoms with Crippen LogP contribution >= 0.6 is 0 Å². The molecule has 0 aromatic heterocycles. The van der Waals surface area contributed by atoms with Gasteiger partial charge in [-0.25, -0.2) is 0 Å². The summed E-state index contributed by atoms with van der Waals surface area (Å²) in [7, 11) is 0. The third-order valence-electron chi connectivity index (χ3n) is 5.28. The molecule has 0 bridgehead atoms. The second-order valence-corrected chi connectivity index (χ2v) is 6.95. The van der Waals surface area contributed by atoms with Gasteiger partial charge in [0.2, 0.25) is 0 Å². The van der Waals surface area contributed by atoms with Crippen molar-refractivity contribution in [1.82, 2.24) is 0 Å². The first-order valence-electron chi connectivity index (χ1n) is 8.75. The number of benzene rings is 3. The molecule has 26 heavy (non-hydrogen) atoms. The predicted octanol–water partition coefficient (Wildman–Crippen LogP) is 5.09. The topological polar surface area (TPSA) is 66.5 Å². The van der Waals surface area contributed by atoms with Crippen LogP contribution < -0.4 is 5.73 Å². The molecule has 4 N–H and O–H groups in total. The Bertz CT molecular complexity index is 919. The standard InChI is InChI=1S/C23H25NO2/c1-13-9-11-17(15(3)22(13)25)21(19-7-5-6-8-20(19)24)18-12-10-14(2)23(26)16(18)4/h5-12,21,25-26H,24H2,1-4H3. The van der Waals surface area contributed by atoms with Crippen LogP contribution in [0.4, 0.5) is 5.69 Å². The highest BCUT2D eigenvalue weighted by Gasteiger charge is 2.25. The summed E-state index contributed by atoms with van der Waals surface area (Å²) in [5.41, 5.74) is 13.3. The Morgan fingerprint density at radius 2 is 1.12 bits per heavy atom. The SMILES string of the molecule is Cc1ccc(C(c2ccccc2N)c2ccc(C)c(O)c2C)c(C)c1O. The van der Waals surface area contributed by atoms with Gasteiger partial charge in [0.05, 0.1) is 0 Å². The van der Waals surface area contributed by atoms with E-state index in [1.54, 1.807) is 0 Å². The summed E-state index contributed by atoms with van der Waals surface area (Å²) in [6.07, 6.45) is 0. The lowest BCUT2D eigenvalue weighted by Crippen LogP contribution is -2.10. The van der Waals surface area contributed by atoms with Crippen LogP contribution in [0.5, 0.6) is 11.5 Å². The summed E-state index contributed by atoms with van der Waals surface area (Å²) < 4.78 is 0. The minimum absolute atomic E-state index is 0.172. The van der Waals surface area contributed by atoms with Crippen molar-refractivity contribution in [3.05, 3.63) is 87.5 Å². The molecule has 3 aromatic rings. The van der Waals surface area contributed by atoms with Crippen LogP contribution in [-0.2, 0) is 0 Å². The Kier molecular flexibility index (Phi) is 4.64. The van der Waals surface area contributed by atoms with Crippen molar-refractivity contribution in [3.63, 3.8) is 0 Å². The number of nitrogens with two attached hydrogens (primary N) is 1. The Labute approximate surface area is 154 Å². The van der Waals surface area contributed by atoms with Crippen LogP contribution in [-0.4, -0.2) is 10.2 Å². The number of para-hydroxylation sites is 1. The third-order valence-corrected chi connectivity index (χ3v) is 5.28. The van der Waals surface area contributed by atoms with Gasteiger partial charge in [-0.15, -0.1) is 0 Å². The number of aromatic hydroxyl groups is 2. The maximum absolute atomic E-state index is 10.5. The number of rotatable bonds is 3. The van der Waals surface area contributed by atoms with Gasteiger partial charge in [0.25, 0.3) is 0 Å². The quantitative estimate of drug-likeness (QED) is 0.456. The first-order chi connectivity index (χ1) is 12.3. The van der Waals surface area contributed by atoms with Gasteiger partial charge in [-0.05, 0) is 72.7 Å². The van der Waals surface area contributed by atoms with E-state index in [1.807, 2.05) is 76.2 Å². The smallest absolute Gasteiger partial charge is 0.121 e. The second-order valence-electron chi connectivity index (χ2n) is 6.95. The van der Waals surface area contributed by atoms with Gasteiger partial charge in [0.1, 0.15) is 11.5 Å². The molecule has 0 saturated heterocycles. The molecule has 0 aliphatic rings. The van der Waals surface area contributed by atoms with Gasteiger partial charge in [0.15, 0.2) is 0 Å². The van der Waals surface area contributed by atoms with Crippen LogP contribution in [0.25, 0.3) is 0 Å². The zero-order valence-electron chi connectivity index (χ0n) is 15.7. The van der Waals surface area contributed by atoms with Crippen LogP contribution in [0, 0.1) is 27.7 Å². The highest BCUT2D eigenvalue weighted by molar-refractivity contribution is 5.61. The predicted molar refractivity (Wildman–Crippen MR) is 107 cm³/mol. The Morgan fingerprint density at radius 1 is 0.654 bits per heavy atom. The summed E-state index contributed by atoms with van der Waals surface area (Å²) >= 11 is 0. The molecule has 3 heteroatoms. The van der Waals surface area contributed by atoms with Crippen LogP contribution in [0.2, 0.25) is 0 Å². The first-order valence-corrected chi connectivity index (χ1v) is 8.75. The van der Waals surface area contributed by atoms with Crippen molar-refractivity contribution in [1.29, 1.82) is 0 Å². The minimum Gasteiger partial charge on any atom is -0.507 e. The van der Waals surface area contributed by atoms with Crippen molar-refractivity contribution in [2.75, 3.05) is 5.73 Å². The Hall–Kier alpha value is -2.94. The summed E-state index contributed by atoms with van der Waals surface area (Å²) in [5, 5.41) is 21.0. The Balaban J connectivity index is 2.34. The van der Waals surface area contributed by atoms with Gasteiger partial charge in [-0.3, -0.25) is 0 Å². The van der Waals surface area contributed by atoms with E-state index in [-0.39, 0.29) is 5.92 Å². The lowest BCUT2D eigenvalue weighted by Gasteiger charge is -2.25. The van der Waals surface area contributed by atoms with Crippen LogP contribution in [0.1, 0.15) is 44.9 Å². The van der Waals surface area contributed by atoms with E-state index >= 15 is 0 Å². The molecule has 0 aliphatic heterocycles. The zero-order valence-corrected chi connectivity index (χ0v) is 15.7. The molecule has 3 rings (SSSR count). The average Bonchev–Trinajstić information content (AvgIpc) is 2.62. The van der Waals surface area contributed by atoms with Crippen LogP contribution in [0.3, 0.4) is 0 Å². The maximum atomic E-state index is 10.5. The van der Waals surface area contributed by atoms with E-state index in [2.05, 4.69) is 0 Å². The monoisotopic (exact) mass is 347 g/mol. The van der Waals surface area contributed by atoms with E-state index in [4.69, 9.17) is 5.73 Å². The fourth-order valence-corrected chi connectivity index (χ4v) is 3.60. The Morgan fingerprint density at radius 3 is 1.58 bits per heavy atom. The molecule has 3 nitrogen and oxygen atoms in total. The molecule has 0 aliphatic carbocycles. The lowest BCUT2D eigenvalue weighted by atomic mass is 9.79. The second kappa shape index (κ2) is 6.75. The van der Waals surface area contributed by atoms with E-state index in [9.17, 15) is 10.2 Å². The normalized spacial score (nSPS) is 11.1. The molecule has 0 atom stereocenters. The molecule has 0 unspecified atom stereocenters. The van der Waals surface area contributed by atoms with E-state index in [0.29, 0.717) is 17.2 Å². The van der Waals surface area contributed by atoms with Gasteiger partial charge < -0.3 is 15.9 Å². The molecule has 0 amide bonds. The number of hydrogen-bond donors (Lipinski definition) is 3. The average molecular weight is 347 g/mol. The molecule has 0 fully saturated rings. The summed E-state index contributed by atoms with van der Waals surface area (Å²) in [6.45, 7) is 7.63. The molecule has 3 aromatic carbocycles. The largest absolute Gasteiger partial charge is 0.507 e. The molecular formula is C23H25NO2. The highest BCUT2D eigenvalue weighted by atomic mass is 16.3. The van der Waals surface area contributed by atoms with Crippen molar-refractivity contribution in [3.8, 4) is 11.5 Å². The number of phenolic OH excluding ortho intramolecular Hbond substituents is 2. The van der Waals surface area contributed by atoms with E-state index < -0.39 is 0 Å². The van der Waals surface area contributed by atoms with Crippen molar-refractivity contribution < 1.29 is 10.2 Å². The van der Waals surface area contributed by atoms with Crippen LogP contribution in [0.15, 0.2) is 48.5 Å². The van der Waals surface area contributed by atoms with Crippen molar-refractivity contribution in [2.45, 2.75) is 33.6 Å². The third kappa shape index (κ3) is 2.90. The van der Waals surface area contributed by atoms with Gasteiger partial charge in [-0.2, -0.15) is 0 Å². The fourth-order valence-electron chi connectivity index (χ4n) is 3.60. The van der Waals surface area contributed by atoms with E-state index in [0.717, 1.165) is 38.9 Å². The summed E-state index contributed by atoms with van der Waals surface area (Å²) in [4.78, 5) is 0. The van der Waals surface area contributed by atoms with Gasteiger partial charge in [0, 0.05) is 11.6 Å². The van der Waals surface area contributed by atoms with Gasteiger partial charge >= 0.3 is 0 Å².